The fraction of sp³-hybridized carbons (Fsp3) is 0.118. The van der Waals surface area contributed by atoms with Crippen molar-refractivity contribution in [2.45, 2.75) is 13.8 Å². The SMILES string of the molecule is Cc1ccnc(N/C=C(/C#N)C(=O)Nc2ccc(I)cc2C)c1. The number of rotatable bonds is 4. The number of anilines is 2. The van der Waals surface area contributed by atoms with Crippen molar-refractivity contribution in [2.75, 3.05) is 10.6 Å². The van der Waals surface area contributed by atoms with Crippen molar-refractivity contribution in [3.05, 3.63) is 63.0 Å². The van der Waals surface area contributed by atoms with Crippen LogP contribution in [0.15, 0.2) is 48.3 Å². The van der Waals surface area contributed by atoms with Crippen LogP contribution in [0.4, 0.5) is 11.5 Å². The van der Waals surface area contributed by atoms with E-state index < -0.39 is 5.91 Å². The lowest BCUT2D eigenvalue weighted by Gasteiger charge is -2.08. The minimum atomic E-state index is -0.461. The molecule has 0 saturated carbocycles. The molecule has 0 fully saturated rings. The third-order valence-corrected chi connectivity index (χ3v) is 3.75. The molecule has 2 aromatic rings. The molecule has 1 amide bonds. The number of nitrogens with one attached hydrogen (secondary N) is 2. The van der Waals surface area contributed by atoms with Crippen molar-refractivity contribution in [1.82, 2.24) is 4.98 Å². The molecule has 1 heterocycles. The number of nitrogens with zero attached hydrogens (tertiary/aromatic N) is 2. The summed E-state index contributed by atoms with van der Waals surface area (Å²) in [5.74, 6) is 0.118. The average Bonchev–Trinajstić information content (AvgIpc) is 2.51. The van der Waals surface area contributed by atoms with E-state index in [2.05, 4.69) is 38.2 Å². The number of pyridine rings is 1. The van der Waals surface area contributed by atoms with Crippen LogP contribution in [0.1, 0.15) is 11.1 Å². The van der Waals surface area contributed by atoms with Crippen LogP contribution in [-0.4, -0.2) is 10.9 Å². The number of hydrogen-bond donors (Lipinski definition) is 2. The predicted octanol–water partition coefficient (Wildman–Crippen LogP) is 3.76. The molecule has 0 aliphatic rings. The lowest BCUT2D eigenvalue weighted by atomic mass is 10.2. The molecule has 0 radical (unpaired) electrons. The van der Waals surface area contributed by atoms with E-state index >= 15 is 0 Å². The summed E-state index contributed by atoms with van der Waals surface area (Å²) in [6.07, 6.45) is 3.02. The number of nitriles is 1. The first-order chi connectivity index (χ1) is 11.0. The molecule has 0 unspecified atom stereocenters. The molecule has 0 aliphatic heterocycles. The zero-order chi connectivity index (χ0) is 16.8. The molecule has 5 nitrogen and oxygen atoms in total. The van der Waals surface area contributed by atoms with Gasteiger partial charge in [-0.25, -0.2) is 4.98 Å². The Hall–Kier alpha value is -2.40. The van der Waals surface area contributed by atoms with Crippen LogP contribution >= 0.6 is 22.6 Å². The van der Waals surface area contributed by atoms with Gasteiger partial charge in [-0.1, -0.05) is 0 Å². The molecule has 2 N–H and O–H groups in total. The van der Waals surface area contributed by atoms with Gasteiger partial charge in [-0.3, -0.25) is 4.79 Å². The molecule has 0 spiro atoms. The number of aromatic nitrogens is 1. The second-order valence-corrected chi connectivity index (χ2v) is 6.19. The maximum absolute atomic E-state index is 12.2. The van der Waals surface area contributed by atoms with Gasteiger partial charge in [-0.05, 0) is 77.9 Å². The first-order valence-corrected chi connectivity index (χ1v) is 7.94. The molecular weight excluding hydrogens is 403 g/mol. The number of carbonyl (C=O) groups excluding carboxylic acids is 1. The third-order valence-electron chi connectivity index (χ3n) is 3.08. The van der Waals surface area contributed by atoms with Gasteiger partial charge in [0.25, 0.3) is 5.91 Å². The lowest BCUT2D eigenvalue weighted by Crippen LogP contribution is -2.15. The van der Waals surface area contributed by atoms with Gasteiger partial charge in [-0.2, -0.15) is 5.26 Å². The molecule has 1 aromatic heterocycles. The summed E-state index contributed by atoms with van der Waals surface area (Å²) in [6, 6.07) is 11.3. The van der Waals surface area contributed by atoms with Gasteiger partial charge in [0.2, 0.25) is 0 Å². The monoisotopic (exact) mass is 418 g/mol. The normalized spacial score (nSPS) is 10.8. The minimum Gasteiger partial charge on any atom is -0.345 e. The second kappa shape index (κ2) is 7.74. The molecule has 0 bridgehead atoms. The topological polar surface area (TPSA) is 77.8 Å². The van der Waals surface area contributed by atoms with Crippen molar-refractivity contribution < 1.29 is 4.79 Å². The number of amides is 1. The van der Waals surface area contributed by atoms with Crippen molar-refractivity contribution in [1.29, 1.82) is 5.26 Å². The fourth-order valence-electron chi connectivity index (χ4n) is 1.87. The number of benzene rings is 1. The summed E-state index contributed by atoms with van der Waals surface area (Å²) in [5, 5.41) is 14.8. The van der Waals surface area contributed by atoms with Crippen LogP contribution in [0.2, 0.25) is 0 Å². The van der Waals surface area contributed by atoms with E-state index in [1.807, 2.05) is 50.2 Å². The number of hydrogen-bond acceptors (Lipinski definition) is 4. The highest BCUT2D eigenvalue weighted by Gasteiger charge is 2.10. The molecule has 1 aromatic carbocycles. The molecule has 2 rings (SSSR count). The second-order valence-electron chi connectivity index (χ2n) is 4.95. The molecule has 116 valence electrons. The van der Waals surface area contributed by atoms with E-state index in [4.69, 9.17) is 0 Å². The Morgan fingerprint density at radius 1 is 1.30 bits per heavy atom. The minimum absolute atomic E-state index is 0.0220. The summed E-state index contributed by atoms with van der Waals surface area (Å²) >= 11 is 2.21. The summed E-state index contributed by atoms with van der Waals surface area (Å²) in [4.78, 5) is 16.3. The Morgan fingerprint density at radius 2 is 2.09 bits per heavy atom. The van der Waals surface area contributed by atoms with Gasteiger partial charge in [0.15, 0.2) is 0 Å². The quantitative estimate of drug-likeness (QED) is 0.450. The Balaban J connectivity index is 2.12. The predicted molar refractivity (Wildman–Crippen MR) is 98.8 cm³/mol. The Labute approximate surface area is 148 Å². The molecule has 0 aliphatic carbocycles. The van der Waals surface area contributed by atoms with Gasteiger partial charge < -0.3 is 10.6 Å². The van der Waals surface area contributed by atoms with Crippen molar-refractivity contribution >= 4 is 40.0 Å². The number of aryl methyl sites for hydroxylation is 2. The largest absolute Gasteiger partial charge is 0.345 e. The highest BCUT2D eigenvalue weighted by atomic mass is 127. The smallest absolute Gasteiger partial charge is 0.267 e. The van der Waals surface area contributed by atoms with E-state index in [0.717, 1.165) is 14.7 Å². The Kier molecular flexibility index (Phi) is 5.71. The van der Waals surface area contributed by atoms with E-state index in [1.54, 1.807) is 6.20 Å². The van der Waals surface area contributed by atoms with E-state index in [9.17, 15) is 10.1 Å². The zero-order valence-corrected chi connectivity index (χ0v) is 14.9. The molecule has 6 heteroatoms. The third kappa shape index (κ3) is 4.79. The molecule has 0 saturated heterocycles. The molecular formula is C17H15IN4O. The first kappa shape index (κ1) is 17.0. The Bertz CT molecular complexity index is 808. The Morgan fingerprint density at radius 3 is 2.74 bits per heavy atom. The maximum Gasteiger partial charge on any atom is 0.267 e. The van der Waals surface area contributed by atoms with Crippen LogP contribution in [0.3, 0.4) is 0 Å². The van der Waals surface area contributed by atoms with Gasteiger partial charge in [0.1, 0.15) is 17.5 Å². The summed E-state index contributed by atoms with van der Waals surface area (Å²) < 4.78 is 1.08. The van der Waals surface area contributed by atoms with Gasteiger partial charge >= 0.3 is 0 Å². The van der Waals surface area contributed by atoms with Gasteiger partial charge in [0.05, 0.1) is 0 Å². The number of carbonyl (C=O) groups is 1. The van der Waals surface area contributed by atoms with Crippen LogP contribution < -0.4 is 10.6 Å². The standard InChI is InChI=1S/C17H15IN4O/c1-11-5-6-20-16(7-11)21-10-13(9-19)17(23)22-15-4-3-14(18)8-12(15)2/h3-8,10H,1-2H3,(H,20,21)(H,22,23)/b13-10-. The van der Waals surface area contributed by atoms with Crippen LogP contribution in [-0.2, 0) is 4.79 Å². The first-order valence-electron chi connectivity index (χ1n) is 6.86. The van der Waals surface area contributed by atoms with Crippen molar-refractivity contribution in [2.24, 2.45) is 0 Å². The number of halogens is 1. The maximum atomic E-state index is 12.2. The summed E-state index contributed by atoms with van der Waals surface area (Å²) in [7, 11) is 0. The molecule has 0 atom stereocenters. The highest BCUT2D eigenvalue weighted by molar-refractivity contribution is 14.1. The summed E-state index contributed by atoms with van der Waals surface area (Å²) in [6.45, 7) is 3.84. The van der Waals surface area contributed by atoms with Gasteiger partial charge in [0, 0.05) is 21.7 Å². The van der Waals surface area contributed by atoms with E-state index in [0.29, 0.717) is 11.5 Å². The van der Waals surface area contributed by atoms with Crippen LogP contribution in [0, 0.1) is 28.7 Å². The summed E-state index contributed by atoms with van der Waals surface area (Å²) in [5.41, 5.74) is 2.64. The lowest BCUT2D eigenvalue weighted by molar-refractivity contribution is -0.112. The fourth-order valence-corrected chi connectivity index (χ4v) is 2.51. The average molecular weight is 418 g/mol. The molecule has 23 heavy (non-hydrogen) atoms. The van der Waals surface area contributed by atoms with Crippen molar-refractivity contribution in [3.8, 4) is 6.07 Å². The van der Waals surface area contributed by atoms with Crippen molar-refractivity contribution in [3.63, 3.8) is 0 Å². The van der Waals surface area contributed by atoms with E-state index in [1.165, 1.54) is 6.20 Å². The van der Waals surface area contributed by atoms with Crippen LogP contribution in [0.25, 0.3) is 0 Å². The van der Waals surface area contributed by atoms with E-state index in [-0.39, 0.29) is 5.57 Å². The van der Waals surface area contributed by atoms with Crippen LogP contribution in [0.5, 0.6) is 0 Å². The zero-order valence-electron chi connectivity index (χ0n) is 12.7. The highest BCUT2D eigenvalue weighted by Crippen LogP contribution is 2.18. The van der Waals surface area contributed by atoms with Gasteiger partial charge in [-0.15, -0.1) is 0 Å².